The number of aryl methyl sites for hydroxylation is 1. The zero-order chi connectivity index (χ0) is 24.8. The first-order valence-electron chi connectivity index (χ1n) is 11.7. The number of hydrogen-bond donors (Lipinski definition) is 1. The average molecular weight is 496 g/mol. The number of hydrogen-bond acceptors (Lipinski definition) is 4. The van der Waals surface area contributed by atoms with Crippen LogP contribution in [0.15, 0.2) is 77.7 Å². The van der Waals surface area contributed by atoms with Crippen molar-refractivity contribution >= 4 is 21.6 Å². The van der Waals surface area contributed by atoms with E-state index in [0.717, 1.165) is 50.3 Å². The molecule has 0 radical (unpaired) electrons. The van der Waals surface area contributed by atoms with Gasteiger partial charge in [-0.3, -0.25) is 14.4 Å². The van der Waals surface area contributed by atoms with Gasteiger partial charge in [0, 0.05) is 38.4 Å². The predicted octanol–water partition coefficient (Wildman–Crippen LogP) is 4.21. The van der Waals surface area contributed by atoms with Crippen LogP contribution in [0, 0.1) is 12.7 Å². The SMILES string of the molecule is Cc1ccccc1CN1CCCN(C(=O)Cc2ccc(NS(=O)(=O)c3ccc(F)cc3)cc2)CC1. The molecule has 6 nitrogen and oxygen atoms in total. The van der Waals surface area contributed by atoms with Gasteiger partial charge in [0.15, 0.2) is 0 Å². The molecule has 0 bridgehead atoms. The summed E-state index contributed by atoms with van der Waals surface area (Å²) in [4.78, 5) is 17.2. The molecule has 0 atom stereocenters. The third-order valence-electron chi connectivity index (χ3n) is 6.28. The molecule has 0 saturated carbocycles. The highest BCUT2D eigenvalue weighted by Gasteiger charge is 2.20. The van der Waals surface area contributed by atoms with Gasteiger partial charge in [-0.15, -0.1) is 0 Å². The van der Waals surface area contributed by atoms with E-state index >= 15 is 0 Å². The lowest BCUT2D eigenvalue weighted by atomic mass is 10.1. The van der Waals surface area contributed by atoms with Crippen LogP contribution in [0.4, 0.5) is 10.1 Å². The van der Waals surface area contributed by atoms with Crippen molar-refractivity contribution < 1.29 is 17.6 Å². The third kappa shape index (κ3) is 6.68. The van der Waals surface area contributed by atoms with Crippen molar-refractivity contribution in [3.8, 4) is 0 Å². The largest absolute Gasteiger partial charge is 0.341 e. The first kappa shape index (κ1) is 24.9. The minimum absolute atomic E-state index is 0.0178. The van der Waals surface area contributed by atoms with Gasteiger partial charge in [-0.25, -0.2) is 12.8 Å². The maximum atomic E-state index is 13.1. The Balaban J connectivity index is 1.31. The van der Waals surface area contributed by atoms with Crippen LogP contribution in [0.5, 0.6) is 0 Å². The summed E-state index contributed by atoms with van der Waals surface area (Å²) in [7, 11) is -3.81. The second-order valence-corrected chi connectivity index (χ2v) is 10.6. The summed E-state index contributed by atoms with van der Waals surface area (Å²) in [6.45, 7) is 6.25. The van der Waals surface area contributed by atoms with E-state index in [1.165, 1.54) is 23.3 Å². The zero-order valence-electron chi connectivity index (χ0n) is 19.8. The van der Waals surface area contributed by atoms with Gasteiger partial charge in [0.1, 0.15) is 5.82 Å². The maximum Gasteiger partial charge on any atom is 0.261 e. The molecule has 1 amide bonds. The Morgan fingerprint density at radius 1 is 0.914 bits per heavy atom. The number of carbonyl (C=O) groups is 1. The van der Waals surface area contributed by atoms with Gasteiger partial charge < -0.3 is 4.90 Å². The first-order chi connectivity index (χ1) is 16.8. The minimum Gasteiger partial charge on any atom is -0.341 e. The number of halogens is 1. The summed E-state index contributed by atoms with van der Waals surface area (Å²) in [5.74, 6) is -0.427. The number of amides is 1. The van der Waals surface area contributed by atoms with E-state index in [9.17, 15) is 17.6 Å². The smallest absolute Gasteiger partial charge is 0.261 e. The molecule has 0 aliphatic carbocycles. The van der Waals surface area contributed by atoms with Crippen molar-refractivity contribution in [2.24, 2.45) is 0 Å². The number of anilines is 1. The number of nitrogens with one attached hydrogen (secondary N) is 1. The van der Waals surface area contributed by atoms with E-state index in [-0.39, 0.29) is 17.2 Å². The molecule has 1 N–H and O–H groups in total. The van der Waals surface area contributed by atoms with Gasteiger partial charge in [0.25, 0.3) is 10.0 Å². The van der Waals surface area contributed by atoms with Crippen LogP contribution < -0.4 is 4.72 Å². The Morgan fingerprint density at radius 2 is 1.63 bits per heavy atom. The molecule has 1 heterocycles. The van der Waals surface area contributed by atoms with Crippen molar-refractivity contribution in [2.75, 3.05) is 30.9 Å². The Kier molecular flexibility index (Phi) is 7.83. The third-order valence-corrected chi connectivity index (χ3v) is 7.68. The maximum absolute atomic E-state index is 13.1. The van der Waals surface area contributed by atoms with E-state index in [1.807, 2.05) is 4.90 Å². The molecule has 184 valence electrons. The van der Waals surface area contributed by atoms with Gasteiger partial charge in [-0.05, 0) is 66.4 Å². The Morgan fingerprint density at radius 3 is 2.34 bits per heavy atom. The molecule has 3 aromatic rings. The van der Waals surface area contributed by atoms with Gasteiger partial charge in [-0.2, -0.15) is 0 Å². The Bertz CT molecular complexity index is 1260. The fourth-order valence-electron chi connectivity index (χ4n) is 4.21. The highest BCUT2D eigenvalue weighted by atomic mass is 32.2. The van der Waals surface area contributed by atoms with Crippen molar-refractivity contribution in [1.82, 2.24) is 9.80 Å². The average Bonchev–Trinajstić information content (AvgIpc) is 3.08. The molecule has 8 heteroatoms. The van der Waals surface area contributed by atoms with Crippen LogP contribution >= 0.6 is 0 Å². The van der Waals surface area contributed by atoms with Crippen molar-refractivity contribution in [3.63, 3.8) is 0 Å². The van der Waals surface area contributed by atoms with Crippen molar-refractivity contribution in [3.05, 3.63) is 95.3 Å². The van der Waals surface area contributed by atoms with Gasteiger partial charge >= 0.3 is 0 Å². The van der Waals surface area contributed by atoms with E-state index in [4.69, 9.17) is 0 Å². The Labute approximate surface area is 206 Å². The molecule has 3 aromatic carbocycles. The molecule has 1 fully saturated rings. The summed E-state index contributed by atoms with van der Waals surface area (Å²) in [5, 5.41) is 0. The zero-order valence-corrected chi connectivity index (χ0v) is 20.6. The van der Waals surface area contributed by atoms with E-state index in [1.54, 1.807) is 24.3 Å². The molecule has 0 unspecified atom stereocenters. The molecular formula is C27H30FN3O3S. The van der Waals surface area contributed by atoms with E-state index < -0.39 is 15.8 Å². The second kappa shape index (κ2) is 11.0. The summed E-state index contributed by atoms with van der Waals surface area (Å²) in [5.41, 5.74) is 3.81. The van der Waals surface area contributed by atoms with Gasteiger partial charge in [-0.1, -0.05) is 36.4 Å². The van der Waals surface area contributed by atoms with Crippen LogP contribution in [-0.4, -0.2) is 50.3 Å². The number of rotatable bonds is 7. The fourth-order valence-corrected chi connectivity index (χ4v) is 5.27. The van der Waals surface area contributed by atoms with Crippen molar-refractivity contribution in [1.29, 1.82) is 0 Å². The molecule has 0 aromatic heterocycles. The standard InChI is InChI=1S/C27H30FN3O3S/c1-21-5-2-3-6-23(21)20-30-15-4-16-31(18-17-30)27(32)19-22-7-11-25(12-8-22)29-35(33,34)26-13-9-24(28)10-14-26/h2-3,5-14,29H,4,15-20H2,1H3. The molecular weight excluding hydrogens is 465 g/mol. The van der Waals surface area contributed by atoms with Gasteiger partial charge in [0.05, 0.1) is 11.3 Å². The summed E-state index contributed by atoms with van der Waals surface area (Å²) < 4.78 is 40.5. The Hall–Kier alpha value is -3.23. The fraction of sp³-hybridized carbons (Fsp3) is 0.296. The number of sulfonamides is 1. The lowest BCUT2D eigenvalue weighted by Gasteiger charge is -2.22. The van der Waals surface area contributed by atoms with Crippen LogP contribution in [0.25, 0.3) is 0 Å². The lowest BCUT2D eigenvalue weighted by Crippen LogP contribution is -2.36. The van der Waals surface area contributed by atoms with Crippen LogP contribution in [-0.2, 0) is 27.8 Å². The summed E-state index contributed by atoms with van der Waals surface area (Å²) in [6, 6.07) is 19.8. The summed E-state index contributed by atoms with van der Waals surface area (Å²) >= 11 is 0. The van der Waals surface area contributed by atoms with Crippen LogP contribution in [0.2, 0.25) is 0 Å². The molecule has 1 aliphatic rings. The normalized spacial score (nSPS) is 15.0. The molecule has 35 heavy (non-hydrogen) atoms. The molecule has 4 rings (SSSR count). The molecule has 0 spiro atoms. The predicted molar refractivity (Wildman–Crippen MR) is 135 cm³/mol. The summed E-state index contributed by atoms with van der Waals surface area (Å²) in [6.07, 6.45) is 1.20. The monoisotopic (exact) mass is 495 g/mol. The number of carbonyl (C=O) groups excluding carboxylic acids is 1. The first-order valence-corrected chi connectivity index (χ1v) is 13.2. The van der Waals surface area contributed by atoms with E-state index in [2.05, 4.69) is 40.8 Å². The van der Waals surface area contributed by atoms with Gasteiger partial charge in [0.2, 0.25) is 5.91 Å². The topological polar surface area (TPSA) is 69.7 Å². The van der Waals surface area contributed by atoms with Crippen LogP contribution in [0.3, 0.4) is 0 Å². The number of nitrogens with zero attached hydrogens (tertiary/aromatic N) is 2. The highest BCUT2D eigenvalue weighted by Crippen LogP contribution is 2.18. The quantitative estimate of drug-likeness (QED) is 0.533. The second-order valence-electron chi connectivity index (χ2n) is 8.87. The lowest BCUT2D eigenvalue weighted by molar-refractivity contribution is -0.130. The van der Waals surface area contributed by atoms with Crippen LogP contribution in [0.1, 0.15) is 23.1 Å². The number of benzene rings is 3. The molecule has 1 aliphatic heterocycles. The molecule has 1 saturated heterocycles. The highest BCUT2D eigenvalue weighted by molar-refractivity contribution is 7.92. The minimum atomic E-state index is -3.81. The van der Waals surface area contributed by atoms with E-state index in [0.29, 0.717) is 12.2 Å². The van der Waals surface area contributed by atoms with Crippen molar-refractivity contribution in [2.45, 2.75) is 31.2 Å².